The summed E-state index contributed by atoms with van der Waals surface area (Å²) < 4.78 is 76.3. The van der Waals surface area contributed by atoms with Gasteiger partial charge in [0.25, 0.3) is 0 Å². The van der Waals surface area contributed by atoms with Crippen LogP contribution in [0, 0.1) is 11.6 Å². The number of hydrogen-bond acceptors (Lipinski definition) is 4. The molecule has 0 aliphatic carbocycles. The van der Waals surface area contributed by atoms with Crippen LogP contribution in [-0.2, 0) is 21.2 Å². The topological polar surface area (TPSA) is 75.7 Å². The lowest BCUT2D eigenvalue weighted by Crippen LogP contribution is -2.58. The first-order valence-electron chi connectivity index (χ1n) is 11.8. The monoisotopic (exact) mass is 510 g/mol. The number of ether oxygens (including phenoxy) is 1. The summed E-state index contributed by atoms with van der Waals surface area (Å²) >= 11 is 0. The van der Waals surface area contributed by atoms with Crippen LogP contribution in [-0.4, -0.2) is 56.9 Å². The maximum atomic E-state index is 15.7. The Morgan fingerprint density at radius 2 is 1.86 bits per heavy atom. The van der Waals surface area contributed by atoms with Crippen molar-refractivity contribution in [3.8, 4) is 16.9 Å². The minimum atomic E-state index is -3.71. The second-order valence-corrected chi connectivity index (χ2v) is 10.8. The summed E-state index contributed by atoms with van der Waals surface area (Å²) in [5, 5.41) is 0. The van der Waals surface area contributed by atoms with Gasteiger partial charge in [-0.3, -0.25) is 9.18 Å². The van der Waals surface area contributed by atoms with Crippen molar-refractivity contribution in [2.24, 2.45) is 0 Å². The molecule has 2 aliphatic rings. The van der Waals surface area contributed by atoms with Crippen molar-refractivity contribution in [2.45, 2.75) is 50.6 Å². The van der Waals surface area contributed by atoms with Gasteiger partial charge in [0.2, 0.25) is 15.9 Å². The third-order valence-corrected chi connectivity index (χ3v) is 8.04. The van der Waals surface area contributed by atoms with Gasteiger partial charge < -0.3 is 9.64 Å². The summed E-state index contributed by atoms with van der Waals surface area (Å²) in [7, 11) is -3.71. The van der Waals surface area contributed by atoms with E-state index in [1.165, 1.54) is 12.1 Å². The summed E-state index contributed by atoms with van der Waals surface area (Å²) in [5.41, 5.74) is 0.724. The number of para-hydroxylation sites is 1. The molecule has 2 atom stereocenters. The fraction of sp³-hybridized carbons (Fsp3) is 0.480. The van der Waals surface area contributed by atoms with Gasteiger partial charge in [0.05, 0.1) is 31.5 Å². The first-order valence-corrected chi connectivity index (χ1v) is 13.5. The molecule has 0 aromatic heterocycles. The van der Waals surface area contributed by atoms with Crippen LogP contribution in [0.3, 0.4) is 0 Å². The molecule has 4 rings (SSSR count). The number of nitrogens with one attached hydrogen (secondary N) is 1. The molecule has 0 saturated carbocycles. The molecule has 2 aromatic carbocycles. The maximum absolute atomic E-state index is 15.7. The minimum absolute atomic E-state index is 0.0311. The Morgan fingerprint density at radius 1 is 1.09 bits per heavy atom. The number of carbonyl (C=O) groups is 1. The zero-order valence-electron chi connectivity index (χ0n) is 19.3. The average molecular weight is 511 g/mol. The highest BCUT2D eigenvalue weighted by Gasteiger charge is 2.37. The molecule has 1 N–H and O–H groups in total. The van der Waals surface area contributed by atoms with Crippen LogP contribution in [0.1, 0.15) is 37.7 Å². The number of rotatable bonds is 6. The fourth-order valence-corrected chi connectivity index (χ4v) is 6.29. The molecule has 2 bridgehead atoms. The van der Waals surface area contributed by atoms with E-state index < -0.39 is 40.4 Å². The largest absolute Gasteiger partial charge is 0.489 e. The number of halogens is 3. The van der Waals surface area contributed by atoms with E-state index >= 15 is 4.39 Å². The summed E-state index contributed by atoms with van der Waals surface area (Å²) in [6.07, 6.45) is 1.46. The lowest BCUT2D eigenvalue weighted by atomic mass is 9.89. The number of amides is 1. The lowest BCUT2D eigenvalue weighted by Gasteiger charge is -2.42. The number of unbranched alkanes of at least 4 members (excludes halogenated alkanes) is 1. The van der Waals surface area contributed by atoms with Gasteiger partial charge in [-0.2, -0.15) is 0 Å². The Labute approximate surface area is 203 Å². The predicted molar refractivity (Wildman–Crippen MR) is 126 cm³/mol. The van der Waals surface area contributed by atoms with Crippen molar-refractivity contribution in [2.75, 3.05) is 25.6 Å². The zero-order chi connectivity index (χ0) is 25.0. The number of piperidine rings is 1. The van der Waals surface area contributed by atoms with Crippen LogP contribution in [0.15, 0.2) is 36.4 Å². The van der Waals surface area contributed by atoms with E-state index in [1.54, 1.807) is 29.2 Å². The summed E-state index contributed by atoms with van der Waals surface area (Å²) in [6.45, 7) is -0.290. The number of sulfonamides is 1. The van der Waals surface area contributed by atoms with E-state index in [-0.39, 0.29) is 60.8 Å². The van der Waals surface area contributed by atoms with Crippen molar-refractivity contribution in [3.05, 3.63) is 53.6 Å². The molecule has 2 aliphatic heterocycles. The average Bonchev–Trinajstić information content (AvgIpc) is 2.81. The number of hydrogen-bond donors (Lipinski definition) is 1. The van der Waals surface area contributed by atoms with E-state index in [2.05, 4.69) is 4.72 Å². The van der Waals surface area contributed by atoms with E-state index in [1.807, 2.05) is 0 Å². The lowest BCUT2D eigenvalue weighted by molar-refractivity contribution is -0.136. The van der Waals surface area contributed by atoms with Crippen molar-refractivity contribution in [3.63, 3.8) is 0 Å². The first kappa shape index (κ1) is 25.5. The fourth-order valence-electron chi connectivity index (χ4n) is 4.86. The number of nitrogens with zero attached hydrogens (tertiary/aromatic N) is 1. The molecule has 190 valence electrons. The SMILES string of the molecule is O=C1CCOc2c(F)cccc2-c2cccc(c2F)C[C@H]2[C@@H](NS(=O)(=O)CCCCF)CCCN12. The van der Waals surface area contributed by atoms with Gasteiger partial charge in [-0.05, 0) is 43.7 Å². The number of fused-ring (bicyclic) bond motifs is 5. The van der Waals surface area contributed by atoms with E-state index in [0.29, 0.717) is 24.9 Å². The first-order chi connectivity index (χ1) is 16.8. The van der Waals surface area contributed by atoms with Crippen molar-refractivity contribution in [1.29, 1.82) is 0 Å². The molecule has 0 radical (unpaired) electrons. The van der Waals surface area contributed by atoms with Gasteiger partial charge in [-0.1, -0.05) is 30.3 Å². The Kier molecular flexibility index (Phi) is 8.01. The third kappa shape index (κ3) is 5.81. The van der Waals surface area contributed by atoms with Gasteiger partial charge in [0, 0.05) is 23.7 Å². The third-order valence-electron chi connectivity index (χ3n) is 6.55. The summed E-state index contributed by atoms with van der Waals surface area (Å²) in [5.74, 6) is -1.80. The molecule has 1 saturated heterocycles. The Hall–Kier alpha value is -2.59. The van der Waals surface area contributed by atoms with E-state index in [0.717, 1.165) is 0 Å². The molecule has 1 fully saturated rings. The summed E-state index contributed by atoms with van der Waals surface area (Å²) in [4.78, 5) is 14.7. The molecule has 0 unspecified atom stereocenters. The number of benzene rings is 2. The molecule has 2 heterocycles. The van der Waals surface area contributed by atoms with Crippen LogP contribution < -0.4 is 9.46 Å². The van der Waals surface area contributed by atoms with Crippen LogP contribution in [0.2, 0.25) is 0 Å². The molecular formula is C25H29F3N2O4S. The highest BCUT2D eigenvalue weighted by atomic mass is 32.2. The predicted octanol–water partition coefficient (Wildman–Crippen LogP) is 3.99. The number of carbonyl (C=O) groups excluding carboxylic acids is 1. The van der Waals surface area contributed by atoms with Crippen molar-refractivity contribution >= 4 is 15.9 Å². The molecule has 0 spiro atoms. The molecule has 1 amide bonds. The van der Waals surface area contributed by atoms with Gasteiger partial charge in [-0.15, -0.1) is 0 Å². The standard InChI is InChI=1S/C25H29F3N2O4S/c26-12-1-2-15-35(32,33)29-21-10-5-13-30-22(21)16-17-6-3-7-18(24(17)28)19-8-4-9-20(27)25(19)34-14-11-23(30)31/h3-4,6-9,21-22,29H,1-2,5,10-16H2/t21-,22-/m0/s1. The molecule has 2 aromatic rings. The normalized spacial score (nSPS) is 20.8. The Bertz CT molecular complexity index is 1180. The van der Waals surface area contributed by atoms with Crippen LogP contribution in [0.25, 0.3) is 11.1 Å². The Morgan fingerprint density at radius 3 is 2.66 bits per heavy atom. The highest BCUT2D eigenvalue weighted by Crippen LogP contribution is 2.36. The maximum Gasteiger partial charge on any atom is 0.226 e. The smallest absolute Gasteiger partial charge is 0.226 e. The van der Waals surface area contributed by atoms with E-state index in [9.17, 15) is 22.0 Å². The van der Waals surface area contributed by atoms with Crippen LogP contribution in [0.4, 0.5) is 13.2 Å². The Balaban J connectivity index is 1.71. The quantitative estimate of drug-likeness (QED) is 0.597. The second-order valence-electron chi connectivity index (χ2n) is 8.93. The van der Waals surface area contributed by atoms with Crippen LogP contribution >= 0.6 is 0 Å². The van der Waals surface area contributed by atoms with Crippen molar-refractivity contribution in [1.82, 2.24) is 9.62 Å². The zero-order valence-corrected chi connectivity index (χ0v) is 20.1. The molecule has 6 nitrogen and oxygen atoms in total. The van der Waals surface area contributed by atoms with Crippen LogP contribution in [0.5, 0.6) is 5.75 Å². The summed E-state index contributed by atoms with van der Waals surface area (Å²) in [6, 6.07) is 7.82. The van der Waals surface area contributed by atoms with E-state index in [4.69, 9.17) is 4.74 Å². The highest BCUT2D eigenvalue weighted by molar-refractivity contribution is 7.89. The minimum Gasteiger partial charge on any atom is -0.489 e. The molecule has 10 heteroatoms. The number of alkyl halides is 1. The second kappa shape index (κ2) is 11.0. The van der Waals surface area contributed by atoms with Gasteiger partial charge in [0.1, 0.15) is 5.82 Å². The molecule has 35 heavy (non-hydrogen) atoms. The van der Waals surface area contributed by atoms with Gasteiger partial charge in [0.15, 0.2) is 11.6 Å². The van der Waals surface area contributed by atoms with Gasteiger partial charge >= 0.3 is 0 Å². The molecular weight excluding hydrogens is 481 g/mol. The van der Waals surface area contributed by atoms with Gasteiger partial charge in [-0.25, -0.2) is 21.9 Å². The van der Waals surface area contributed by atoms with Crippen molar-refractivity contribution < 1.29 is 31.1 Å².